The Labute approximate surface area is 162 Å². The van der Waals surface area contributed by atoms with Crippen LogP contribution in [0.2, 0.25) is 0 Å². The first-order valence-electron chi connectivity index (χ1n) is 8.52. The number of aromatic hydroxyl groups is 1. The highest BCUT2D eigenvalue weighted by Gasteiger charge is 2.36. The lowest BCUT2D eigenvalue weighted by molar-refractivity contribution is -0.0315. The van der Waals surface area contributed by atoms with Crippen LogP contribution in [0.3, 0.4) is 0 Å². The maximum Gasteiger partial charge on any atom is 0.334 e. The molecule has 5 nitrogen and oxygen atoms in total. The first-order valence-corrected chi connectivity index (χ1v) is 8.52. The average molecular weight is 408 g/mol. The molecular formula is C20H16F4N2O3. The average Bonchev–Trinajstić information content (AvgIpc) is 2.70. The van der Waals surface area contributed by atoms with E-state index in [1.165, 1.54) is 36.4 Å². The summed E-state index contributed by atoms with van der Waals surface area (Å²) in [5.41, 5.74) is -3.55. The summed E-state index contributed by atoms with van der Waals surface area (Å²) < 4.78 is 58.4. The number of benzene rings is 2. The number of nitrogens with zero attached hydrogens (tertiary/aromatic N) is 2. The molecule has 0 aliphatic rings. The monoisotopic (exact) mass is 408 g/mol. The molecule has 0 atom stereocenters. The van der Waals surface area contributed by atoms with Crippen LogP contribution in [0.15, 0.2) is 76.3 Å². The van der Waals surface area contributed by atoms with Gasteiger partial charge in [-0.2, -0.15) is 17.6 Å². The van der Waals surface area contributed by atoms with Gasteiger partial charge in [0.2, 0.25) is 5.88 Å². The van der Waals surface area contributed by atoms with Crippen molar-refractivity contribution in [2.24, 2.45) is 0 Å². The molecule has 0 radical (unpaired) electrons. The summed E-state index contributed by atoms with van der Waals surface area (Å²) in [4.78, 5) is 24.6. The maximum atomic E-state index is 14.5. The predicted octanol–water partition coefficient (Wildman–Crippen LogP) is 3.30. The van der Waals surface area contributed by atoms with Crippen molar-refractivity contribution in [2.45, 2.75) is 24.9 Å². The number of halogens is 4. The van der Waals surface area contributed by atoms with Crippen molar-refractivity contribution in [1.29, 1.82) is 0 Å². The molecule has 1 heterocycles. The lowest BCUT2D eigenvalue weighted by atomic mass is 10.1. The third-order valence-electron chi connectivity index (χ3n) is 4.36. The van der Waals surface area contributed by atoms with Crippen LogP contribution < -0.4 is 11.2 Å². The van der Waals surface area contributed by atoms with Gasteiger partial charge in [-0.15, -0.1) is 0 Å². The van der Waals surface area contributed by atoms with E-state index in [1.54, 1.807) is 0 Å². The van der Waals surface area contributed by atoms with Crippen LogP contribution >= 0.6 is 0 Å². The lowest BCUT2D eigenvalue weighted by Crippen LogP contribution is -2.44. The van der Waals surface area contributed by atoms with E-state index in [-0.39, 0.29) is 9.13 Å². The van der Waals surface area contributed by atoms with Crippen molar-refractivity contribution in [3.05, 3.63) is 98.7 Å². The summed E-state index contributed by atoms with van der Waals surface area (Å²) in [6.45, 7) is -2.68. The van der Waals surface area contributed by atoms with Crippen LogP contribution in [0.1, 0.15) is 11.1 Å². The third-order valence-corrected chi connectivity index (χ3v) is 4.36. The molecule has 0 saturated carbocycles. The molecule has 152 valence electrons. The molecule has 0 amide bonds. The SMILES string of the molecule is O=c1cc(O)n(CC(F)(F)c2ccccc2)c(=O)n1CC(F)(F)c1ccccc1. The molecule has 0 fully saturated rings. The van der Waals surface area contributed by atoms with E-state index in [0.717, 1.165) is 24.3 Å². The van der Waals surface area contributed by atoms with Crippen LogP contribution in [0.5, 0.6) is 5.88 Å². The van der Waals surface area contributed by atoms with Crippen LogP contribution in [0, 0.1) is 0 Å². The van der Waals surface area contributed by atoms with Crippen molar-refractivity contribution in [2.75, 3.05) is 0 Å². The van der Waals surface area contributed by atoms with E-state index in [0.29, 0.717) is 6.07 Å². The highest BCUT2D eigenvalue weighted by atomic mass is 19.3. The number of aromatic nitrogens is 2. The van der Waals surface area contributed by atoms with Gasteiger partial charge in [-0.25, -0.2) is 4.79 Å². The largest absolute Gasteiger partial charge is 0.494 e. The van der Waals surface area contributed by atoms with Crippen molar-refractivity contribution in [3.63, 3.8) is 0 Å². The van der Waals surface area contributed by atoms with Gasteiger partial charge >= 0.3 is 5.69 Å². The van der Waals surface area contributed by atoms with Crippen LogP contribution in [0.25, 0.3) is 0 Å². The highest BCUT2D eigenvalue weighted by Crippen LogP contribution is 2.31. The van der Waals surface area contributed by atoms with Gasteiger partial charge in [-0.1, -0.05) is 60.7 Å². The molecule has 0 spiro atoms. The number of hydrogen-bond donors (Lipinski definition) is 1. The summed E-state index contributed by atoms with van der Waals surface area (Å²) in [6.07, 6.45) is 0. The van der Waals surface area contributed by atoms with E-state index >= 15 is 0 Å². The third kappa shape index (κ3) is 4.23. The Morgan fingerprint density at radius 3 is 1.59 bits per heavy atom. The van der Waals surface area contributed by atoms with Gasteiger partial charge in [0.05, 0.1) is 19.2 Å². The zero-order chi connectivity index (χ0) is 21.2. The minimum Gasteiger partial charge on any atom is -0.494 e. The van der Waals surface area contributed by atoms with Gasteiger partial charge in [0.25, 0.3) is 17.4 Å². The van der Waals surface area contributed by atoms with Gasteiger partial charge in [0.15, 0.2) is 0 Å². The number of hydrogen-bond acceptors (Lipinski definition) is 3. The van der Waals surface area contributed by atoms with Crippen molar-refractivity contribution < 1.29 is 22.7 Å². The highest BCUT2D eigenvalue weighted by molar-refractivity contribution is 5.22. The van der Waals surface area contributed by atoms with Crippen LogP contribution in [-0.2, 0) is 24.9 Å². The normalized spacial score (nSPS) is 12.1. The maximum absolute atomic E-state index is 14.5. The molecule has 0 unspecified atom stereocenters. The molecule has 0 saturated heterocycles. The first kappa shape index (κ1) is 20.4. The summed E-state index contributed by atoms with van der Waals surface area (Å²) >= 11 is 0. The fourth-order valence-corrected chi connectivity index (χ4v) is 2.84. The summed E-state index contributed by atoms with van der Waals surface area (Å²) in [7, 11) is 0. The summed E-state index contributed by atoms with van der Waals surface area (Å²) in [5, 5.41) is 9.85. The zero-order valence-electron chi connectivity index (χ0n) is 14.9. The molecule has 0 aliphatic carbocycles. The molecule has 3 rings (SSSR count). The molecule has 2 aromatic carbocycles. The fraction of sp³-hybridized carbons (Fsp3) is 0.200. The molecule has 9 heteroatoms. The lowest BCUT2D eigenvalue weighted by Gasteiger charge is -2.21. The van der Waals surface area contributed by atoms with Crippen LogP contribution in [0.4, 0.5) is 17.6 Å². The molecular weight excluding hydrogens is 392 g/mol. The van der Waals surface area contributed by atoms with E-state index in [2.05, 4.69) is 0 Å². The Bertz CT molecular complexity index is 1110. The van der Waals surface area contributed by atoms with Crippen molar-refractivity contribution in [3.8, 4) is 5.88 Å². The van der Waals surface area contributed by atoms with Gasteiger partial charge in [-0.05, 0) is 0 Å². The van der Waals surface area contributed by atoms with E-state index < -0.39 is 53.2 Å². The molecule has 1 aromatic heterocycles. The van der Waals surface area contributed by atoms with Crippen molar-refractivity contribution >= 4 is 0 Å². The minimum absolute atomic E-state index is 0.133. The topological polar surface area (TPSA) is 64.2 Å². The smallest absolute Gasteiger partial charge is 0.334 e. The minimum atomic E-state index is -3.61. The Kier molecular flexibility index (Phi) is 5.32. The number of rotatable bonds is 6. The van der Waals surface area contributed by atoms with Gasteiger partial charge in [-0.3, -0.25) is 13.9 Å². The second-order valence-electron chi connectivity index (χ2n) is 6.44. The zero-order valence-corrected chi connectivity index (χ0v) is 14.9. The Hall–Kier alpha value is -3.36. The quantitative estimate of drug-likeness (QED) is 0.637. The molecule has 1 N–H and O–H groups in total. The Balaban J connectivity index is 2.01. The molecule has 0 aliphatic heterocycles. The van der Waals surface area contributed by atoms with Crippen molar-refractivity contribution in [1.82, 2.24) is 9.13 Å². The molecule has 29 heavy (non-hydrogen) atoms. The molecule has 3 aromatic rings. The molecule has 0 bridgehead atoms. The van der Waals surface area contributed by atoms with Crippen LogP contribution in [-0.4, -0.2) is 14.2 Å². The second kappa shape index (κ2) is 7.57. The first-order chi connectivity index (χ1) is 13.6. The van der Waals surface area contributed by atoms with E-state index in [4.69, 9.17) is 0 Å². The van der Waals surface area contributed by atoms with E-state index in [9.17, 15) is 32.3 Å². The van der Waals surface area contributed by atoms with E-state index in [1.807, 2.05) is 0 Å². The Morgan fingerprint density at radius 1 is 0.724 bits per heavy atom. The second-order valence-corrected chi connectivity index (χ2v) is 6.44. The standard InChI is InChI=1S/C20H16F4N2O3/c21-19(22,14-7-3-1-4-8-14)12-25-16(27)11-17(28)26(18(25)29)13-20(23,24)15-9-5-2-6-10-15/h1-11,27H,12-13H2. The van der Waals surface area contributed by atoms with Gasteiger partial charge in [0, 0.05) is 11.1 Å². The fourth-order valence-electron chi connectivity index (χ4n) is 2.84. The summed E-state index contributed by atoms with van der Waals surface area (Å²) in [6, 6.07) is 13.5. The van der Waals surface area contributed by atoms with Gasteiger partial charge in [0.1, 0.15) is 0 Å². The Morgan fingerprint density at radius 2 is 1.14 bits per heavy atom. The van der Waals surface area contributed by atoms with Gasteiger partial charge < -0.3 is 5.11 Å². The predicted molar refractivity (Wildman–Crippen MR) is 97.3 cm³/mol. The summed E-state index contributed by atoms with van der Waals surface area (Å²) in [5.74, 6) is -8.23. The number of alkyl halides is 4.